The van der Waals surface area contributed by atoms with E-state index in [0.29, 0.717) is 18.4 Å². The van der Waals surface area contributed by atoms with Crippen LogP contribution in [-0.4, -0.2) is 73.6 Å². The maximum absolute atomic E-state index is 13.3. The standard InChI is InChI=1S/C24H30N4O3.C23H27N3O3S/c1-27-18-6-3-2-5-17(18)26-21(27)19-7-4-8-28(19)23(30)31-20-15-9-14-10-16(20)13-24(11-14,12-15)22(25)29;24-21(27)23-10-13-8-14(11-23)19(15(9-13)12-23)29-22(28)26-7-3-5-17(26)20-25-16-4-1-2-6-18(16)30-20/h2-3,5-6,14-16,19-20H,4,7-13H2,1H3,(H2,25,29);1-2,4,6,13-15,17,19H,3,5,7-12H2,(H2,24,27). The third-order valence-electron chi connectivity index (χ3n) is 16.6. The molecule has 2 saturated heterocycles. The van der Waals surface area contributed by atoms with Crippen LogP contribution in [0.4, 0.5) is 9.59 Å². The van der Waals surface area contributed by atoms with Gasteiger partial charge in [-0.1, -0.05) is 24.3 Å². The molecule has 4 amide bonds. The number of likely N-dealkylation sites (tertiary alicyclic amines) is 2. The van der Waals surface area contributed by atoms with E-state index >= 15 is 0 Å². The van der Waals surface area contributed by atoms with Crippen LogP contribution in [0.5, 0.6) is 0 Å². The van der Waals surface area contributed by atoms with Crippen molar-refractivity contribution in [2.24, 2.45) is 64.9 Å². The van der Waals surface area contributed by atoms with Gasteiger partial charge < -0.3 is 25.5 Å². The molecule has 8 aliphatic carbocycles. The number of amides is 4. The molecular weight excluding hydrogens is 791 g/mol. The summed E-state index contributed by atoms with van der Waals surface area (Å²) in [5.41, 5.74) is 13.9. The average molecular weight is 848 g/mol. The molecule has 6 unspecified atom stereocenters. The number of aromatic nitrogens is 3. The summed E-state index contributed by atoms with van der Waals surface area (Å²) < 4.78 is 15.6. The molecule has 4 N–H and O–H groups in total. The number of fused-ring (bicyclic) bond motifs is 2. The summed E-state index contributed by atoms with van der Waals surface area (Å²) in [5, 5.41) is 1.00. The summed E-state index contributed by atoms with van der Waals surface area (Å²) in [6.07, 6.45) is 12.4. The number of rotatable bonds is 6. The van der Waals surface area contributed by atoms with E-state index in [1.165, 1.54) is 0 Å². The zero-order chi connectivity index (χ0) is 41.8. The van der Waals surface area contributed by atoms with Gasteiger partial charge in [0.1, 0.15) is 23.0 Å². The van der Waals surface area contributed by atoms with E-state index < -0.39 is 0 Å². The average Bonchev–Trinajstić information content (AvgIpc) is 4.06. The molecule has 10 fully saturated rings. The lowest BCUT2D eigenvalue weighted by atomic mass is 9.48. The Balaban J connectivity index is 0.000000138. The number of imidazole rings is 1. The van der Waals surface area contributed by atoms with Crippen molar-refractivity contribution in [1.82, 2.24) is 24.3 Å². The number of ether oxygens (including phenoxy) is 2. The van der Waals surface area contributed by atoms with Gasteiger partial charge in [-0.15, -0.1) is 11.3 Å². The minimum atomic E-state index is -0.358. The quantitative estimate of drug-likeness (QED) is 0.198. The number of aryl methyl sites for hydroxylation is 1. The van der Waals surface area contributed by atoms with Crippen molar-refractivity contribution in [3.8, 4) is 0 Å². The predicted molar refractivity (Wildman–Crippen MR) is 229 cm³/mol. The molecule has 10 aliphatic rings. The molecule has 14 rings (SSSR count). The number of benzene rings is 2. The summed E-state index contributed by atoms with van der Waals surface area (Å²) >= 11 is 1.68. The maximum Gasteiger partial charge on any atom is 0.410 e. The minimum Gasteiger partial charge on any atom is -0.445 e. The van der Waals surface area contributed by atoms with Crippen LogP contribution in [0.15, 0.2) is 48.5 Å². The molecule has 0 spiro atoms. The van der Waals surface area contributed by atoms with E-state index in [1.807, 2.05) is 53.2 Å². The molecule has 8 saturated carbocycles. The fraction of sp³-hybridized carbons (Fsp3) is 0.617. The lowest BCUT2D eigenvalue weighted by Crippen LogP contribution is -2.59. The fourth-order valence-electron chi connectivity index (χ4n) is 14.3. The smallest absolute Gasteiger partial charge is 0.410 e. The van der Waals surface area contributed by atoms with Crippen molar-refractivity contribution in [2.75, 3.05) is 13.1 Å². The molecule has 61 heavy (non-hydrogen) atoms. The predicted octanol–water partition coefficient (Wildman–Crippen LogP) is 7.78. The van der Waals surface area contributed by atoms with Crippen LogP contribution in [0.25, 0.3) is 21.3 Å². The van der Waals surface area contributed by atoms with Crippen molar-refractivity contribution in [2.45, 2.75) is 114 Å². The number of carbonyl (C=O) groups is 4. The van der Waals surface area contributed by atoms with Crippen molar-refractivity contribution >= 4 is 56.6 Å². The van der Waals surface area contributed by atoms with E-state index in [0.717, 1.165) is 129 Å². The first-order valence-electron chi connectivity index (χ1n) is 22.8. The number of para-hydroxylation sites is 3. The Bertz CT molecular complexity index is 2350. The molecule has 8 bridgehead atoms. The number of hydrogen-bond donors (Lipinski definition) is 2. The third kappa shape index (κ3) is 6.51. The van der Waals surface area contributed by atoms with Gasteiger partial charge in [0, 0.05) is 20.1 Å². The number of primary amides is 2. The van der Waals surface area contributed by atoms with E-state index in [2.05, 4.69) is 16.7 Å². The van der Waals surface area contributed by atoms with Crippen LogP contribution in [0.1, 0.15) is 113 Å². The summed E-state index contributed by atoms with van der Waals surface area (Å²) in [5.74, 6) is 2.81. The summed E-state index contributed by atoms with van der Waals surface area (Å²) in [6.45, 7) is 1.41. The van der Waals surface area contributed by atoms with Crippen LogP contribution in [0.3, 0.4) is 0 Å². The van der Waals surface area contributed by atoms with Crippen LogP contribution in [0.2, 0.25) is 0 Å². The number of thiazole rings is 1. The van der Waals surface area contributed by atoms with Gasteiger partial charge in [-0.05, 0) is 150 Å². The second-order valence-electron chi connectivity index (χ2n) is 20.2. The van der Waals surface area contributed by atoms with Gasteiger partial charge in [0.2, 0.25) is 11.8 Å². The Morgan fingerprint density at radius 3 is 1.67 bits per heavy atom. The monoisotopic (exact) mass is 847 g/mol. The summed E-state index contributed by atoms with van der Waals surface area (Å²) in [6, 6.07) is 16.2. The van der Waals surface area contributed by atoms with Gasteiger partial charge in [-0.2, -0.15) is 0 Å². The number of nitrogens with zero attached hydrogens (tertiary/aromatic N) is 5. The molecule has 322 valence electrons. The number of hydrogen-bond acceptors (Lipinski definition) is 9. The van der Waals surface area contributed by atoms with Gasteiger partial charge in [0.15, 0.2) is 0 Å². The second kappa shape index (κ2) is 14.7. The van der Waals surface area contributed by atoms with Crippen molar-refractivity contribution in [3.63, 3.8) is 0 Å². The van der Waals surface area contributed by atoms with Crippen LogP contribution < -0.4 is 11.5 Å². The maximum atomic E-state index is 13.3. The van der Waals surface area contributed by atoms with E-state index in [4.69, 9.17) is 30.9 Å². The lowest BCUT2D eigenvalue weighted by molar-refractivity contribution is -0.162. The molecule has 4 heterocycles. The van der Waals surface area contributed by atoms with Crippen molar-refractivity contribution in [1.29, 1.82) is 0 Å². The summed E-state index contributed by atoms with van der Waals surface area (Å²) in [4.78, 5) is 64.3. The number of carbonyl (C=O) groups excluding carboxylic acids is 4. The number of nitrogens with two attached hydrogens (primary N) is 2. The highest BCUT2D eigenvalue weighted by Gasteiger charge is 2.61. The first kappa shape index (κ1) is 39.1. The molecule has 2 aliphatic heterocycles. The Morgan fingerprint density at radius 2 is 1.15 bits per heavy atom. The highest BCUT2D eigenvalue weighted by molar-refractivity contribution is 7.18. The molecule has 0 radical (unpaired) electrons. The Labute approximate surface area is 359 Å². The third-order valence-corrected chi connectivity index (χ3v) is 17.7. The first-order chi connectivity index (χ1) is 29.5. The van der Waals surface area contributed by atoms with Gasteiger partial charge in [-0.3, -0.25) is 19.4 Å². The van der Waals surface area contributed by atoms with Gasteiger partial charge in [-0.25, -0.2) is 19.6 Å². The van der Waals surface area contributed by atoms with Gasteiger partial charge >= 0.3 is 12.2 Å². The molecule has 14 heteroatoms. The normalized spacial score (nSPS) is 36.7. The molecule has 6 atom stereocenters. The molecular formula is C47H57N7O6S. The molecule has 2 aromatic carbocycles. The largest absolute Gasteiger partial charge is 0.445 e. The highest BCUT2D eigenvalue weighted by atomic mass is 32.1. The minimum absolute atomic E-state index is 0.00342. The van der Waals surface area contributed by atoms with E-state index in [-0.39, 0.29) is 82.8 Å². The van der Waals surface area contributed by atoms with E-state index in [9.17, 15) is 19.2 Å². The van der Waals surface area contributed by atoms with Crippen LogP contribution >= 0.6 is 11.3 Å². The van der Waals surface area contributed by atoms with Crippen molar-refractivity contribution < 1.29 is 28.7 Å². The molecule has 2 aromatic heterocycles. The van der Waals surface area contributed by atoms with Crippen LogP contribution in [-0.2, 0) is 26.1 Å². The van der Waals surface area contributed by atoms with E-state index in [1.54, 1.807) is 11.3 Å². The Kier molecular flexibility index (Phi) is 9.43. The lowest BCUT2D eigenvalue weighted by Gasteiger charge is -2.58. The fourth-order valence-corrected chi connectivity index (χ4v) is 15.4. The zero-order valence-electron chi connectivity index (χ0n) is 35.0. The zero-order valence-corrected chi connectivity index (χ0v) is 35.8. The van der Waals surface area contributed by atoms with Gasteiger partial charge in [0.05, 0.1) is 44.2 Å². The Hall–Kier alpha value is -4.72. The molecule has 4 aromatic rings. The van der Waals surface area contributed by atoms with Crippen molar-refractivity contribution in [3.05, 3.63) is 59.4 Å². The summed E-state index contributed by atoms with van der Waals surface area (Å²) in [7, 11) is 2.02. The Morgan fingerprint density at radius 1 is 0.656 bits per heavy atom. The first-order valence-corrected chi connectivity index (χ1v) is 23.6. The molecule has 13 nitrogen and oxygen atoms in total. The second-order valence-corrected chi connectivity index (χ2v) is 21.2. The topological polar surface area (TPSA) is 176 Å². The van der Waals surface area contributed by atoms with Gasteiger partial charge in [0.25, 0.3) is 0 Å². The SMILES string of the molecule is Cn1c(C2CCCN2C(=O)OC2C3CC4CC2CC(C(N)=O)(C4)C3)nc2ccccc21.NC(=O)C12CC3CC(C1)C(OC(=O)N1CCCC1c1nc4ccccc4s1)C(C3)C2. The van der Waals surface area contributed by atoms with Crippen LogP contribution in [0, 0.1) is 46.3 Å². The highest BCUT2D eigenvalue weighted by Crippen LogP contribution is 2.62.